The average Bonchev–Trinajstić information content (AvgIpc) is 3.09. The van der Waals surface area contributed by atoms with Gasteiger partial charge in [-0.25, -0.2) is 0 Å². The lowest BCUT2D eigenvalue weighted by molar-refractivity contribution is -0.143. The topological polar surface area (TPSA) is 83.1 Å². The lowest BCUT2D eigenvalue weighted by Gasteiger charge is -2.37. The molecule has 2 saturated heterocycles. The minimum absolute atomic E-state index is 0.0794. The molecule has 3 heterocycles. The number of piperazine rings is 1. The summed E-state index contributed by atoms with van der Waals surface area (Å²) in [6, 6.07) is 11.0. The van der Waals surface area contributed by atoms with E-state index in [2.05, 4.69) is 9.88 Å². The molecule has 0 spiro atoms. The zero-order valence-corrected chi connectivity index (χ0v) is 21.0. The second-order valence-electron chi connectivity index (χ2n) is 9.18. The van der Waals surface area contributed by atoms with Crippen LogP contribution in [0.4, 0.5) is 0 Å². The molecule has 0 aliphatic carbocycles. The van der Waals surface area contributed by atoms with E-state index in [4.69, 9.17) is 16.3 Å². The second-order valence-corrected chi connectivity index (χ2v) is 9.59. The van der Waals surface area contributed by atoms with Crippen molar-refractivity contribution in [3.8, 4) is 0 Å². The maximum Gasteiger partial charge on any atom is 0.241 e. The summed E-state index contributed by atoms with van der Waals surface area (Å²) >= 11 is 6.49. The first kappa shape index (κ1) is 25.3. The van der Waals surface area contributed by atoms with E-state index in [0.29, 0.717) is 36.8 Å². The van der Waals surface area contributed by atoms with Crippen molar-refractivity contribution in [1.82, 2.24) is 19.7 Å². The number of ether oxygens (including phenoxy) is 1. The van der Waals surface area contributed by atoms with E-state index >= 15 is 0 Å². The number of benzene rings is 1. The average molecular weight is 499 g/mol. The highest BCUT2D eigenvalue weighted by molar-refractivity contribution is 6.32. The van der Waals surface area contributed by atoms with Crippen molar-refractivity contribution >= 4 is 29.3 Å². The molecule has 35 heavy (non-hydrogen) atoms. The van der Waals surface area contributed by atoms with Crippen molar-refractivity contribution in [2.24, 2.45) is 0 Å². The van der Waals surface area contributed by atoms with Gasteiger partial charge in [0.2, 0.25) is 17.7 Å². The molecule has 0 unspecified atom stereocenters. The van der Waals surface area contributed by atoms with E-state index in [9.17, 15) is 14.4 Å². The van der Waals surface area contributed by atoms with Gasteiger partial charge in [-0.1, -0.05) is 35.9 Å². The molecule has 4 rings (SSSR count). The Morgan fingerprint density at radius 3 is 2.54 bits per heavy atom. The number of aryl methyl sites for hydroxylation is 1. The van der Waals surface area contributed by atoms with Crippen LogP contribution in [0.25, 0.3) is 0 Å². The van der Waals surface area contributed by atoms with Gasteiger partial charge in [-0.3, -0.25) is 29.2 Å². The molecule has 1 aromatic carbocycles. The van der Waals surface area contributed by atoms with Crippen LogP contribution < -0.4 is 0 Å². The van der Waals surface area contributed by atoms with Crippen LogP contribution in [0.5, 0.6) is 0 Å². The molecule has 9 heteroatoms. The zero-order chi connectivity index (χ0) is 25.0. The van der Waals surface area contributed by atoms with Gasteiger partial charge in [0.1, 0.15) is 0 Å². The minimum atomic E-state index is -1.30. The number of aromatic nitrogens is 1. The third-order valence-corrected chi connectivity index (χ3v) is 7.32. The van der Waals surface area contributed by atoms with E-state index in [1.807, 2.05) is 19.1 Å². The van der Waals surface area contributed by atoms with Crippen LogP contribution in [0.15, 0.2) is 42.6 Å². The van der Waals surface area contributed by atoms with Gasteiger partial charge in [0.25, 0.3) is 0 Å². The van der Waals surface area contributed by atoms with E-state index < -0.39 is 5.41 Å². The Labute approximate surface area is 210 Å². The Kier molecular flexibility index (Phi) is 7.84. The van der Waals surface area contributed by atoms with Gasteiger partial charge in [-0.15, -0.1) is 0 Å². The fraction of sp³-hybridized carbons (Fsp3) is 0.462. The highest BCUT2D eigenvalue weighted by atomic mass is 35.5. The molecule has 0 N–H and O–H groups in total. The summed E-state index contributed by atoms with van der Waals surface area (Å²) < 4.78 is 5.08. The number of pyridine rings is 1. The number of likely N-dealkylation sites (tertiary alicyclic amines) is 1. The number of rotatable bonds is 8. The van der Waals surface area contributed by atoms with Gasteiger partial charge in [-0.05, 0) is 30.2 Å². The third kappa shape index (κ3) is 5.24. The van der Waals surface area contributed by atoms with Crippen LogP contribution in [0.2, 0.25) is 5.02 Å². The van der Waals surface area contributed by atoms with Gasteiger partial charge < -0.3 is 9.64 Å². The summed E-state index contributed by atoms with van der Waals surface area (Å²) in [7, 11) is 1.52. The molecule has 8 nitrogen and oxygen atoms in total. The van der Waals surface area contributed by atoms with E-state index in [1.165, 1.54) is 12.0 Å². The summed E-state index contributed by atoms with van der Waals surface area (Å²) in [5, 5.41) is 0.380. The fourth-order valence-corrected chi connectivity index (χ4v) is 5.24. The summed E-state index contributed by atoms with van der Waals surface area (Å²) in [4.78, 5) is 49.7. The molecule has 2 aromatic rings. The smallest absolute Gasteiger partial charge is 0.241 e. The van der Waals surface area contributed by atoms with Crippen LogP contribution in [0.3, 0.4) is 0 Å². The van der Waals surface area contributed by atoms with Crippen molar-refractivity contribution in [3.05, 3.63) is 64.4 Å². The summed E-state index contributed by atoms with van der Waals surface area (Å²) in [6.45, 7) is 5.72. The Bertz CT molecular complexity index is 1100. The van der Waals surface area contributed by atoms with Gasteiger partial charge in [0, 0.05) is 63.9 Å². The predicted octanol–water partition coefficient (Wildman–Crippen LogP) is 2.42. The summed E-state index contributed by atoms with van der Waals surface area (Å²) in [6.07, 6.45) is 1.63. The summed E-state index contributed by atoms with van der Waals surface area (Å²) in [5.74, 6) is -0.839. The van der Waals surface area contributed by atoms with Gasteiger partial charge in [0.05, 0.1) is 24.3 Å². The quantitative estimate of drug-likeness (QED) is 0.520. The number of hydrogen-bond donors (Lipinski definition) is 0. The summed E-state index contributed by atoms with van der Waals surface area (Å²) in [5.41, 5.74) is 1.41. The van der Waals surface area contributed by atoms with Crippen molar-refractivity contribution in [1.29, 1.82) is 0 Å². The normalized spacial score (nSPS) is 21.1. The molecule has 186 valence electrons. The lowest BCUT2D eigenvalue weighted by atomic mass is 9.75. The van der Waals surface area contributed by atoms with E-state index in [-0.39, 0.29) is 43.7 Å². The van der Waals surface area contributed by atoms with Crippen molar-refractivity contribution in [2.75, 3.05) is 46.4 Å². The monoisotopic (exact) mass is 498 g/mol. The first-order valence-corrected chi connectivity index (χ1v) is 12.2. The maximum atomic E-state index is 13.6. The van der Waals surface area contributed by atoms with Gasteiger partial charge in [-0.2, -0.15) is 0 Å². The van der Waals surface area contributed by atoms with Crippen LogP contribution in [0, 0.1) is 6.92 Å². The third-order valence-electron chi connectivity index (χ3n) is 6.99. The Morgan fingerprint density at radius 2 is 1.86 bits per heavy atom. The molecule has 2 aliphatic heterocycles. The Balaban J connectivity index is 1.49. The number of imide groups is 1. The number of carbonyl (C=O) groups is 3. The SMILES string of the molecule is COCCN1C(=O)C[C@](CC(=O)N2CCN(Cc3ncccc3C)CC2)(c2ccccc2Cl)C1=O. The van der Waals surface area contributed by atoms with Crippen LogP contribution in [0.1, 0.15) is 29.7 Å². The van der Waals surface area contributed by atoms with E-state index in [1.54, 1.807) is 35.4 Å². The number of hydrogen-bond acceptors (Lipinski definition) is 6. The molecule has 2 fully saturated rings. The van der Waals surface area contributed by atoms with Gasteiger partial charge >= 0.3 is 0 Å². The number of methoxy groups -OCH3 is 1. The molecule has 0 radical (unpaired) electrons. The molecule has 0 bridgehead atoms. The molecular formula is C26H31ClN4O4. The van der Waals surface area contributed by atoms with Crippen molar-refractivity contribution in [3.63, 3.8) is 0 Å². The number of nitrogens with zero attached hydrogens (tertiary/aromatic N) is 4. The van der Waals surface area contributed by atoms with Gasteiger partial charge in [0.15, 0.2) is 0 Å². The molecule has 1 aromatic heterocycles. The first-order valence-electron chi connectivity index (χ1n) is 11.8. The molecular weight excluding hydrogens is 468 g/mol. The highest BCUT2D eigenvalue weighted by Crippen LogP contribution is 2.43. The Morgan fingerprint density at radius 1 is 1.11 bits per heavy atom. The number of carbonyl (C=O) groups excluding carboxylic acids is 3. The molecule has 2 aliphatic rings. The number of halogens is 1. The zero-order valence-electron chi connectivity index (χ0n) is 20.2. The fourth-order valence-electron chi connectivity index (χ4n) is 4.92. The second kappa shape index (κ2) is 10.8. The van der Waals surface area contributed by atoms with Crippen LogP contribution in [-0.4, -0.2) is 83.8 Å². The maximum absolute atomic E-state index is 13.6. The lowest BCUT2D eigenvalue weighted by Crippen LogP contribution is -2.51. The highest BCUT2D eigenvalue weighted by Gasteiger charge is 2.54. The van der Waals surface area contributed by atoms with Crippen molar-refractivity contribution in [2.45, 2.75) is 31.7 Å². The van der Waals surface area contributed by atoms with E-state index in [0.717, 1.165) is 17.8 Å². The molecule has 3 amide bonds. The van der Waals surface area contributed by atoms with Crippen LogP contribution >= 0.6 is 11.6 Å². The first-order chi connectivity index (χ1) is 16.9. The standard InChI is InChI=1S/C26H31ClN4O4/c1-19-6-5-9-28-22(19)18-29-10-12-30(13-11-29)23(32)16-26(20-7-3-4-8-21(20)27)17-24(33)31(25(26)34)14-15-35-2/h3-9H,10-18H2,1-2H3/t26-/m1/s1. The number of amides is 3. The van der Waals surface area contributed by atoms with Crippen molar-refractivity contribution < 1.29 is 19.1 Å². The predicted molar refractivity (Wildman–Crippen MR) is 132 cm³/mol. The molecule has 0 saturated carbocycles. The molecule has 1 atom stereocenters. The minimum Gasteiger partial charge on any atom is -0.383 e. The Hall–Kier alpha value is -2.81. The van der Waals surface area contributed by atoms with Crippen LogP contribution in [-0.2, 0) is 31.1 Å². The largest absolute Gasteiger partial charge is 0.383 e.